The van der Waals surface area contributed by atoms with E-state index in [4.69, 9.17) is 9.84 Å². The van der Waals surface area contributed by atoms with Crippen LogP contribution < -0.4 is 15.4 Å². The third-order valence-corrected chi connectivity index (χ3v) is 3.02. The van der Waals surface area contributed by atoms with Crippen molar-refractivity contribution in [3.63, 3.8) is 0 Å². The van der Waals surface area contributed by atoms with Crippen molar-refractivity contribution >= 4 is 11.7 Å². The van der Waals surface area contributed by atoms with Crippen molar-refractivity contribution in [3.8, 4) is 5.75 Å². The first kappa shape index (κ1) is 17.6. The molecule has 0 radical (unpaired) electrons. The molecule has 128 valence electrons. The Hall–Kier alpha value is -2.74. The van der Waals surface area contributed by atoms with E-state index in [1.807, 2.05) is 0 Å². The minimum Gasteiger partial charge on any atom is -0.491 e. The van der Waals surface area contributed by atoms with Crippen molar-refractivity contribution in [1.29, 1.82) is 0 Å². The zero-order valence-electron chi connectivity index (χ0n) is 12.5. The largest absolute Gasteiger partial charge is 0.491 e. The topological polar surface area (TPSA) is 70.6 Å². The third kappa shape index (κ3) is 4.63. The van der Waals surface area contributed by atoms with Gasteiger partial charge in [0.1, 0.15) is 18.2 Å². The summed E-state index contributed by atoms with van der Waals surface area (Å²) in [4.78, 5) is 11.8. The summed E-state index contributed by atoms with van der Waals surface area (Å²) in [6, 6.07) is 6.94. The predicted molar refractivity (Wildman–Crippen MR) is 81.2 cm³/mol. The Morgan fingerprint density at radius 3 is 2.54 bits per heavy atom. The van der Waals surface area contributed by atoms with Gasteiger partial charge in [-0.2, -0.15) is 0 Å². The van der Waals surface area contributed by atoms with Gasteiger partial charge in [-0.1, -0.05) is 18.2 Å². The first-order valence-electron chi connectivity index (χ1n) is 7.02. The van der Waals surface area contributed by atoms with E-state index in [-0.39, 0.29) is 19.8 Å². The van der Waals surface area contributed by atoms with Gasteiger partial charge in [0.15, 0.2) is 11.6 Å². The van der Waals surface area contributed by atoms with Gasteiger partial charge in [0, 0.05) is 24.2 Å². The standard InChI is InChI=1S/C16H15F3N2O3/c17-11-7-13(19)14(8-12(11)18)21-16(23)20-9-10-3-1-2-4-15(10)24-6-5-22/h1-4,7-8,22H,5-6,9H2,(H2,20,21,23). The summed E-state index contributed by atoms with van der Waals surface area (Å²) < 4.78 is 44.7. The summed E-state index contributed by atoms with van der Waals surface area (Å²) in [5, 5.41) is 13.3. The maximum absolute atomic E-state index is 13.5. The van der Waals surface area contributed by atoms with Crippen molar-refractivity contribution in [3.05, 3.63) is 59.4 Å². The molecule has 0 aromatic heterocycles. The molecule has 0 spiro atoms. The van der Waals surface area contributed by atoms with Crippen LogP contribution in [0, 0.1) is 17.5 Å². The lowest BCUT2D eigenvalue weighted by Gasteiger charge is -2.12. The molecule has 2 amide bonds. The zero-order valence-corrected chi connectivity index (χ0v) is 12.5. The number of benzene rings is 2. The second kappa shape index (κ2) is 8.21. The molecule has 0 saturated carbocycles. The molecule has 0 unspecified atom stereocenters. The van der Waals surface area contributed by atoms with E-state index in [0.29, 0.717) is 23.4 Å². The number of halogens is 3. The lowest BCUT2D eigenvalue weighted by molar-refractivity contribution is 0.200. The molecule has 0 atom stereocenters. The summed E-state index contributed by atoms with van der Waals surface area (Å²) in [6.45, 7) is -0.000332. The monoisotopic (exact) mass is 340 g/mol. The molecule has 0 fully saturated rings. The molecule has 2 aromatic rings. The maximum atomic E-state index is 13.5. The van der Waals surface area contributed by atoms with E-state index in [2.05, 4.69) is 10.6 Å². The molecule has 24 heavy (non-hydrogen) atoms. The Balaban J connectivity index is 1.98. The maximum Gasteiger partial charge on any atom is 0.319 e. The molecule has 0 aliphatic heterocycles. The first-order chi connectivity index (χ1) is 11.5. The lowest BCUT2D eigenvalue weighted by Crippen LogP contribution is -2.29. The molecular weight excluding hydrogens is 325 g/mol. The smallest absolute Gasteiger partial charge is 0.319 e. The number of para-hydroxylation sites is 1. The second-order valence-electron chi connectivity index (χ2n) is 4.73. The van der Waals surface area contributed by atoms with Crippen molar-refractivity contribution in [1.82, 2.24) is 5.32 Å². The number of nitrogens with one attached hydrogen (secondary N) is 2. The van der Waals surface area contributed by atoms with Gasteiger partial charge in [-0.25, -0.2) is 18.0 Å². The molecule has 0 aliphatic rings. The minimum absolute atomic E-state index is 0.0543. The average Bonchev–Trinajstić information content (AvgIpc) is 2.56. The number of aliphatic hydroxyl groups is 1. The Labute approximate surface area is 136 Å². The number of anilines is 1. The van der Waals surface area contributed by atoms with E-state index in [1.165, 1.54) is 0 Å². The Morgan fingerprint density at radius 1 is 1.08 bits per heavy atom. The molecule has 0 saturated heterocycles. The van der Waals surface area contributed by atoms with Gasteiger partial charge < -0.3 is 20.5 Å². The van der Waals surface area contributed by atoms with Gasteiger partial charge in [0.2, 0.25) is 0 Å². The molecular formula is C16H15F3N2O3. The summed E-state index contributed by atoms with van der Waals surface area (Å²) in [5.41, 5.74) is 0.156. The van der Waals surface area contributed by atoms with E-state index in [9.17, 15) is 18.0 Å². The van der Waals surface area contributed by atoms with Crippen LogP contribution >= 0.6 is 0 Å². The van der Waals surface area contributed by atoms with E-state index in [1.54, 1.807) is 24.3 Å². The molecule has 0 bridgehead atoms. The van der Waals surface area contributed by atoms with Crippen LogP contribution in [0.15, 0.2) is 36.4 Å². The summed E-state index contributed by atoms with van der Waals surface area (Å²) in [5.74, 6) is -3.22. The highest BCUT2D eigenvalue weighted by molar-refractivity contribution is 5.89. The first-order valence-corrected chi connectivity index (χ1v) is 7.02. The van der Waals surface area contributed by atoms with Crippen LogP contribution in [0.25, 0.3) is 0 Å². The lowest BCUT2D eigenvalue weighted by atomic mass is 10.2. The third-order valence-electron chi connectivity index (χ3n) is 3.02. The fourth-order valence-corrected chi connectivity index (χ4v) is 1.91. The second-order valence-corrected chi connectivity index (χ2v) is 4.73. The van der Waals surface area contributed by atoms with Crippen LogP contribution in [0.4, 0.5) is 23.7 Å². The van der Waals surface area contributed by atoms with Crippen molar-refractivity contribution in [2.45, 2.75) is 6.54 Å². The van der Waals surface area contributed by atoms with Crippen LogP contribution in [0.1, 0.15) is 5.56 Å². The van der Waals surface area contributed by atoms with Gasteiger partial charge in [-0.05, 0) is 6.07 Å². The Kier molecular flexibility index (Phi) is 6.02. The summed E-state index contributed by atoms with van der Waals surface area (Å²) in [7, 11) is 0. The van der Waals surface area contributed by atoms with E-state index >= 15 is 0 Å². The molecule has 2 aromatic carbocycles. The minimum atomic E-state index is -1.34. The van der Waals surface area contributed by atoms with E-state index < -0.39 is 29.2 Å². The Morgan fingerprint density at radius 2 is 1.79 bits per heavy atom. The van der Waals surface area contributed by atoms with Crippen molar-refractivity contribution in [2.75, 3.05) is 18.5 Å². The van der Waals surface area contributed by atoms with Gasteiger partial charge in [0.25, 0.3) is 0 Å². The van der Waals surface area contributed by atoms with Gasteiger partial charge >= 0.3 is 6.03 Å². The molecule has 0 heterocycles. The zero-order chi connectivity index (χ0) is 17.5. The number of aliphatic hydroxyl groups excluding tert-OH is 1. The number of hydrogen-bond acceptors (Lipinski definition) is 3. The number of rotatable bonds is 6. The van der Waals surface area contributed by atoms with E-state index in [0.717, 1.165) is 0 Å². The molecule has 8 heteroatoms. The molecule has 3 N–H and O–H groups in total. The number of ether oxygens (including phenoxy) is 1. The summed E-state index contributed by atoms with van der Waals surface area (Å²) >= 11 is 0. The van der Waals surface area contributed by atoms with Crippen LogP contribution in [0.3, 0.4) is 0 Å². The SMILES string of the molecule is O=C(NCc1ccccc1OCCO)Nc1cc(F)c(F)cc1F. The quantitative estimate of drug-likeness (QED) is 0.708. The van der Waals surface area contributed by atoms with Crippen LogP contribution in [0.2, 0.25) is 0 Å². The number of urea groups is 1. The highest BCUT2D eigenvalue weighted by Crippen LogP contribution is 2.19. The van der Waals surface area contributed by atoms with Gasteiger partial charge in [-0.3, -0.25) is 0 Å². The normalized spacial score (nSPS) is 10.3. The highest BCUT2D eigenvalue weighted by Gasteiger charge is 2.12. The van der Waals surface area contributed by atoms with Crippen LogP contribution in [-0.4, -0.2) is 24.4 Å². The predicted octanol–water partition coefficient (Wildman–Crippen LogP) is 2.80. The van der Waals surface area contributed by atoms with Crippen LogP contribution in [-0.2, 0) is 6.54 Å². The highest BCUT2D eigenvalue weighted by atomic mass is 19.2. The Bertz CT molecular complexity index is 726. The molecule has 5 nitrogen and oxygen atoms in total. The van der Waals surface area contributed by atoms with Crippen molar-refractivity contribution < 1.29 is 27.8 Å². The number of hydrogen-bond donors (Lipinski definition) is 3. The average molecular weight is 340 g/mol. The fraction of sp³-hybridized carbons (Fsp3) is 0.188. The van der Waals surface area contributed by atoms with Gasteiger partial charge in [-0.15, -0.1) is 0 Å². The molecule has 0 aliphatic carbocycles. The number of amides is 2. The van der Waals surface area contributed by atoms with Crippen LogP contribution in [0.5, 0.6) is 5.75 Å². The summed E-state index contributed by atoms with van der Waals surface area (Å²) in [6.07, 6.45) is 0. The fourth-order valence-electron chi connectivity index (χ4n) is 1.91. The van der Waals surface area contributed by atoms with Crippen molar-refractivity contribution in [2.24, 2.45) is 0 Å². The molecule has 2 rings (SSSR count). The number of carbonyl (C=O) groups is 1. The van der Waals surface area contributed by atoms with Gasteiger partial charge in [0.05, 0.1) is 12.3 Å². The number of carbonyl (C=O) groups excluding carboxylic acids is 1.